The van der Waals surface area contributed by atoms with E-state index in [1.54, 1.807) is 7.11 Å². The lowest BCUT2D eigenvalue weighted by Gasteiger charge is -2.30. The molecule has 1 saturated carbocycles. The molecule has 3 rings (SSSR count). The molecule has 1 aromatic rings. The topological polar surface area (TPSA) is 76.4 Å². The van der Waals surface area contributed by atoms with Crippen LogP contribution < -0.4 is 10.6 Å². The Hall–Kier alpha value is -0.900. The van der Waals surface area contributed by atoms with Gasteiger partial charge in [-0.3, -0.25) is 4.99 Å². The molecule has 1 aromatic heterocycles. The fraction of sp³-hybridized carbons (Fsp3) is 0.833. The van der Waals surface area contributed by atoms with Crippen molar-refractivity contribution in [3.8, 4) is 0 Å². The maximum Gasteiger partial charge on any atom is 0.191 e. The molecular weight excluding hydrogens is 443 g/mol. The maximum atomic E-state index is 5.32. The summed E-state index contributed by atoms with van der Waals surface area (Å²) in [5, 5.41) is 15.6. The molecule has 0 spiro atoms. The summed E-state index contributed by atoms with van der Waals surface area (Å²) in [5.41, 5.74) is 0.349. The molecule has 0 atom stereocenters. The van der Waals surface area contributed by atoms with Crippen molar-refractivity contribution in [1.82, 2.24) is 25.4 Å². The van der Waals surface area contributed by atoms with E-state index < -0.39 is 0 Å². The molecule has 1 aliphatic heterocycles. The summed E-state index contributed by atoms with van der Waals surface area (Å²) in [4.78, 5) is 4.38. The van der Waals surface area contributed by atoms with Crippen LogP contribution in [0.1, 0.15) is 56.6 Å². The molecule has 2 heterocycles. The number of ether oxygens (including phenoxy) is 1. The van der Waals surface area contributed by atoms with Crippen molar-refractivity contribution in [3.05, 3.63) is 11.6 Å². The zero-order valence-corrected chi connectivity index (χ0v) is 18.4. The molecule has 148 valence electrons. The number of guanidine groups is 1. The van der Waals surface area contributed by atoms with Gasteiger partial charge in [0.05, 0.1) is 6.54 Å². The molecule has 0 radical (unpaired) electrons. The van der Waals surface area contributed by atoms with Gasteiger partial charge in [0.25, 0.3) is 0 Å². The lowest BCUT2D eigenvalue weighted by Crippen LogP contribution is -2.43. The van der Waals surface area contributed by atoms with Crippen molar-refractivity contribution < 1.29 is 4.74 Å². The standard InChI is InChI=1S/C18H32N6O.HI/c1-19-17(21-14-18(10-12-25-2)8-4-5-9-18)20-13-16-23-22-15-7-3-6-11-24(15)16;/h3-14H2,1-2H3,(H2,19,20,21);1H. The molecule has 0 aromatic carbocycles. The highest BCUT2D eigenvalue weighted by Crippen LogP contribution is 2.40. The van der Waals surface area contributed by atoms with Crippen molar-refractivity contribution in [2.75, 3.05) is 27.3 Å². The predicted octanol–water partition coefficient (Wildman–Crippen LogP) is 2.49. The maximum absolute atomic E-state index is 5.32. The summed E-state index contributed by atoms with van der Waals surface area (Å²) in [6.45, 7) is 3.48. The van der Waals surface area contributed by atoms with Gasteiger partial charge in [0.2, 0.25) is 0 Å². The third-order valence-corrected chi connectivity index (χ3v) is 5.71. The quantitative estimate of drug-likeness (QED) is 0.360. The zero-order valence-electron chi connectivity index (χ0n) is 16.1. The van der Waals surface area contributed by atoms with E-state index in [9.17, 15) is 0 Å². The first-order valence-corrected chi connectivity index (χ1v) is 9.61. The fourth-order valence-corrected chi connectivity index (χ4v) is 4.11. The summed E-state index contributed by atoms with van der Waals surface area (Å²) >= 11 is 0. The molecule has 0 unspecified atom stereocenters. The minimum atomic E-state index is 0. The molecular formula is C18H33IN6O. The number of hydrogen-bond acceptors (Lipinski definition) is 4. The normalized spacial score (nSPS) is 18.9. The van der Waals surface area contributed by atoms with Crippen LogP contribution in [-0.4, -0.2) is 48.0 Å². The first-order valence-electron chi connectivity index (χ1n) is 9.61. The Morgan fingerprint density at radius 3 is 2.73 bits per heavy atom. The highest BCUT2D eigenvalue weighted by molar-refractivity contribution is 14.0. The van der Waals surface area contributed by atoms with E-state index >= 15 is 0 Å². The number of aryl methyl sites for hydroxylation is 1. The van der Waals surface area contributed by atoms with E-state index in [4.69, 9.17) is 4.74 Å². The summed E-state index contributed by atoms with van der Waals surface area (Å²) in [7, 11) is 3.61. The first kappa shape index (κ1) is 21.4. The Kier molecular flexibility index (Phi) is 8.59. The van der Waals surface area contributed by atoms with E-state index in [0.29, 0.717) is 12.0 Å². The largest absolute Gasteiger partial charge is 0.385 e. The van der Waals surface area contributed by atoms with E-state index in [1.807, 2.05) is 7.05 Å². The van der Waals surface area contributed by atoms with Crippen LogP contribution in [0.3, 0.4) is 0 Å². The van der Waals surface area contributed by atoms with Crippen LogP contribution in [0.4, 0.5) is 0 Å². The smallest absolute Gasteiger partial charge is 0.191 e. The summed E-state index contributed by atoms with van der Waals surface area (Å²) in [6, 6.07) is 0. The van der Waals surface area contributed by atoms with E-state index in [2.05, 4.69) is 30.4 Å². The number of aliphatic imine (C=N–C) groups is 1. The van der Waals surface area contributed by atoms with Crippen molar-refractivity contribution in [3.63, 3.8) is 0 Å². The van der Waals surface area contributed by atoms with Gasteiger partial charge in [0.1, 0.15) is 5.82 Å². The van der Waals surface area contributed by atoms with Gasteiger partial charge in [-0.25, -0.2) is 0 Å². The average Bonchev–Trinajstić information content (AvgIpc) is 3.28. The SMILES string of the molecule is CN=C(NCc1nnc2n1CCCC2)NCC1(CCOC)CCCC1.I. The molecule has 26 heavy (non-hydrogen) atoms. The Morgan fingerprint density at radius 2 is 2.00 bits per heavy atom. The van der Waals surface area contributed by atoms with Crippen LogP contribution in [0.2, 0.25) is 0 Å². The van der Waals surface area contributed by atoms with Crippen LogP contribution in [0.25, 0.3) is 0 Å². The van der Waals surface area contributed by atoms with Crippen molar-refractivity contribution in [2.24, 2.45) is 10.4 Å². The van der Waals surface area contributed by atoms with Crippen LogP contribution in [0, 0.1) is 5.41 Å². The highest BCUT2D eigenvalue weighted by atomic mass is 127. The van der Waals surface area contributed by atoms with Gasteiger partial charge >= 0.3 is 0 Å². The van der Waals surface area contributed by atoms with Gasteiger partial charge in [-0.05, 0) is 37.5 Å². The van der Waals surface area contributed by atoms with E-state index in [-0.39, 0.29) is 24.0 Å². The number of nitrogens with zero attached hydrogens (tertiary/aromatic N) is 4. The van der Waals surface area contributed by atoms with Gasteiger partial charge in [-0.1, -0.05) is 12.8 Å². The first-order chi connectivity index (χ1) is 12.3. The number of rotatable bonds is 7. The number of nitrogens with one attached hydrogen (secondary N) is 2. The molecule has 0 saturated heterocycles. The summed E-state index contributed by atoms with van der Waals surface area (Å²) < 4.78 is 7.57. The Bertz CT molecular complexity index is 582. The zero-order chi connectivity index (χ0) is 17.5. The molecule has 0 bridgehead atoms. The van der Waals surface area contributed by atoms with Crippen LogP contribution in [0.15, 0.2) is 4.99 Å². The number of aromatic nitrogens is 3. The average molecular weight is 476 g/mol. The van der Waals surface area contributed by atoms with Gasteiger partial charge in [0, 0.05) is 40.3 Å². The van der Waals surface area contributed by atoms with Crippen LogP contribution >= 0.6 is 24.0 Å². The van der Waals surface area contributed by atoms with Gasteiger partial charge in [-0.2, -0.15) is 0 Å². The highest BCUT2D eigenvalue weighted by Gasteiger charge is 2.33. The Labute approximate surface area is 173 Å². The molecule has 1 aliphatic carbocycles. The van der Waals surface area contributed by atoms with Crippen molar-refractivity contribution in [2.45, 2.75) is 64.5 Å². The lowest BCUT2D eigenvalue weighted by atomic mass is 9.83. The Balaban J connectivity index is 0.00000243. The minimum Gasteiger partial charge on any atom is -0.385 e. The van der Waals surface area contributed by atoms with Crippen LogP contribution in [-0.2, 0) is 24.2 Å². The number of hydrogen-bond donors (Lipinski definition) is 2. The van der Waals surface area contributed by atoms with E-state index in [1.165, 1.54) is 38.5 Å². The van der Waals surface area contributed by atoms with Crippen molar-refractivity contribution in [1.29, 1.82) is 0 Å². The van der Waals surface area contributed by atoms with Gasteiger partial charge in [0.15, 0.2) is 11.8 Å². The molecule has 0 amide bonds. The van der Waals surface area contributed by atoms with E-state index in [0.717, 1.165) is 50.1 Å². The molecule has 1 fully saturated rings. The Morgan fingerprint density at radius 1 is 1.19 bits per heavy atom. The monoisotopic (exact) mass is 476 g/mol. The third-order valence-electron chi connectivity index (χ3n) is 5.71. The van der Waals surface area contributed by atoms with Crippen molar-refractivity contribution >= 4 is 29.9 Å². The fourth-order valence-electron chi connectivity index (χ4n) is 4.11. The second kappa shape index (κ2) is 10.4. The predicted molar refractivity (Wildman–Crippen MR) is 114 cm³/mol. The second-order valence-corrected chi connectivity index (χ2v) is 7.37. The molecule has 2 N–H and O–H groups in total. The number of methoxy groups -OCH3 is 1. The molecule has 8 heteroatoms. The number of fused-ring (bicyclic) bond motifs is 1. The lowest BCUT2D eigenvalue weighted by molar-refractivity contribution is 0.138. The summed E-state index contributed by atoms with van der Waals surface area (Å²) in [6.07, 6.45) is 9.79. The molecule has 7 nitrogen and oxygen atoms in total. The second-order valence-electron chi connectivity index (χ2n) is 7.37. The third kappa shape index (κ3) is 5.31. The van der Waals surface area contributed by atoms with Crippen LogP contribution in [0.5, 0.6) is 0 Å². The van der Waals surface area contributed by atoms with Gasteiger partial charge < -0.3 is 19.9 Å². The summed E-state index contributed by atoms with van der Waals surface area (Å²) in [5.74, 6) is 2.97. The number of halogens is 1. The minimum absolute atomic E-state index is 0. The molecule has 2 aliphatic rings. The van der Waals surface area contributed by atoms with Gasteiger partial charge in [-0.15, -0.1) is 34.2 Å².